The summed E-state index contributed by atoms with van der Waals surface area (Å²) < 4.78 is 13.5. The van der Waals surface area contributed by atoms with E-state index < -0.39 is 5.91 Å². The van der Waals surface area contributed by atoms with Gasteiger partial charge in [0.05, 0.1) is 11.3 Å². The molecule has 1 aromatic carbocycles. The Balaban J connectivity index is 2.44. The molecule has 92 valence electrons. The van der Waals surface area contributed by atoms with Crippen molar-refractivity contribution in [2.24, 2.45) is 5.73 Å². The second kappa shape index (κ2) is 4.83. The lowest BCUT2D eigenvalue weighted by Crippen LogP contribution is -2.17. The highest BCUT2D eigenvalue weighted by molar-refractivity contribution is 5.99. The van der Waals surface area contributed by atoms with E-state index in [4.69, 9.17) is 11.5 Å². The van der Waals surface area contributed by atoms with Gasteiger partial charge in [-0.3, -0.25) is 9.78 Å². The number of pyridine rings is 1. The van der Waals surface area contributed by atoms with E-state index in [0.717, 1.165) is 0 Å². The van der Waals surface area contributed by atoms with Crippen LogP contribution in [0.2, 0.25) is 0 Å². The van der Waals surface area contributed by atoms with Crippen molar-refractivity contribution in [1.82, 2.24) is 4.98 Å². The maximum absolute atomic E-state index is 13.5. The molecule has 0 radical (unpaired) electrons. The third-order valence-electron chi connectivity index (χ3n) is 2.62. The number of aromatic nitrogens is 1. The van der Waals surface area contributed by atoms with E-state index in [2.05, 4.69) is 4.98 Å². The van der Waals surface area contributed by atoms with Crippen LogP contribution in [0.1, 0.15) is 21.6 Å². The van der Waals surface area contributed by atoms with Crippen molar-refractivity contribution < 1.29 is 9.18 Å². The van der Waals surface area contributed by atoms with Gasteiger partial charge in [0, 0.05) is 18.3 Å². The topological polar surface area (TPSA) is 82.0 Å². The molecule has 0 saturated carbocycles. The third kappa shape index (κ3) is 2.29. The highest BCUT2D eigenvalue weighted by Crippen LogP contribution is 2.18. The lowest BCUT2D eigenvalue weighted by Gasteiger charge is -2.08. The molecule has 1 amide bonds. The predicted octanol–water partition coefficient (Wildman–Crippen LogP) is 1.49. The molecule has 4 nitrogen and oxygen atoms in total. The number of benzene rings is 1. The van der Waals surface area contributed by atoms with E-state index in [0.29, 0.717) is 11.3 Å². The van der Waals surface area contributed by atoms with Gasteiger partial charge in [0.25, 0.3) is 5.91 Å². The molecule has 2 aromatic rings. The van der Waals surface area contributed by atoms with E-state index in [1.807, 2.05) is 0 Å². The minimum Gasteiger partial charge on any atom is -0.398 e. The van der Waals surface area contributed by atoms with Gasteiger partial charge in [-0.15, -0.1) is 0 Å². The second-order valence-electron chi connectivity index (χ2n) is 3.85. The van der Waals surface area contributed by atoms with Crippen molar-refractivity contribution in [3.63, 3.8) is 0 Å². The quantitative estimate of drug-likeness (QED) is 0.859. The lowest BCUT2D eigenvalue weighted by atomic mass is 10.0. The minimum absolute atomic E-state index is 0.153. The molecule has 0 aliphatic carbocycles. The first-order valence-electron chi connectivity index (χ1n) is 5.36. The zero-order valence-electron chi connectivity index (χ0n) is 9.56. The Labute approximate surface area is 103 Å². The first-order chi connectivity index (χ1) is 8.59. The molecule has 0 unspecified atom stereocenters. The number of nitrogen functional groups attached to an aromatic ring is 1. The number of halogens is 1. The lowest BCUT2D eigenvalue weighted by molar-refractivity contribution is 0.1000. The van der Waals surface area contributed by atoms with Crippen molar-refractivity contribution in [3.05, 3.63) is 59.2 Å². The molecule has 0 aliphatic rings. The Morgan fingerprint density at radius 2 is 2.00 bits per heavy atom. The summed E-state index contributed by atoms with van der Waals surface area (Å²) in [5, 5.41) is 0. The van der Waals surface area contributed by atoms with Crippen LogP contribution in [-0.2, 0) is 6.42 Å². The van der Waals surface area contributed by atoms with Gasteiger partial charge in [0.15, 0.2) is 0 Å². The standard InChI is InChI=1S/C13H12FN3O/c14-9-4-2-1-3-8(9)7-11-12(13(16)18)10(15)5-6-17-11/h1-6H,7H2,(H2,15,17)(H2,16,18). The summed E-state index contributed by atoms with van der Waals surface area (Å²) in [5.41, 5.74) is 12.2. The Hall–Kier alpha value is -2.43. The number of carbonyl (C=O) groups is 1. The fourth-order valence-corrected chi connectivity index (χ4v) is 1.76. The fourth-order valence-electron chi connectivity index (χ4n) is 1.76. The molecule has 5 heteroatoms. The maximum Gasteiger partial charge on any atom is 0.252 e. The number of rotatable bonds is 3. The monoisotopic (exact) mass is 245 g/mol. The Morgan fingerprint density at radius 3 is 2.67 bits per heavy atom. The van der Waals surface area contributed by atoms with Gasteiger partial charge < -0.3 is 11.5 Å². The number of carbonyl (C=O) groups excluding carboxylic acids is 1. The van der Waals surface area contributed by atoms with Crippen molar-refractivity contribution in [3.8, 4) is 0 Å². The number of nitrogens with zero attached hydrogens (tertiary/aromatic N) is 1. The molecular weight excluding hydrogens is 233 g/mol. The zero-order valence-corrected chi connectivity index (χ0v) is 9.56. The number of amides is 1. The number of nitrogens with two attached hydrogens (primary N) is 2. The van der Waals surface area contributed by atoms with Crippen LogP contribution >= 0.6 is 0 Å². The fraction of sp³-hybridized carbons (Fsp3) is 0.0769. The summed E-state index contributed by atoms with van der Waals surface area (Å²) in [6.45, 7) is 0. The molecule has 0 bridgehead atoms. The third-order valence-corrected chi connectivity index (χ3v) is 2.62. The maximum atomic E-state index is 13.5. The summed E-state index contributed by atoms with van der Waals surface area (Å²) in [7, 11) is 0. The molecule has 18 heavy (non-hydrogen) atoms. The Kier molecular flexibility index (Phi) is 3.23. The van der Waals surface area contributed by atoms with Gasteiger partial charge in [0.1, 0.15) is 5.82 Å². The van der Waals surface area contributed by atoms with E-state index in [1.165, 1.54) is 18.3 Å². The smallest absolute Gasteiger partial charge is 0.252 e. The summed E-state index contributed by atoms with van der Waals surface area (Å²) in [5.74, 6) is -1.01. The van der Waals surface area contributed by atoms with Gasteiger partial charge in [-0.25, -0.2) is 4.39 Å². The van der Waals surface area contributed by atoms with E-state index in [1.54, 1.807) is 18.2 Å². The molecule has 4 N–H and O–H groups in total. The van der Waals surface area contributed by atoms with Crippen LogP contribution < -0.4 is 11.5 Å². The number of hydrogen-bond acceptors (Lipinski definition) is 3. The van der Waals surface area contributed by atoms with Gasteiger partial charge in [-0.1, -0.05) is 18.2 Å². The Bertz CT molecular complexity index is 599. The van der Waals surface area contributed by atoms with E-state index in [-0.39, 0.29) is 23.5 Å². The SMILES string of the molecule is NC(=O)c1c(N)ccnc1Cc1ccccc1F. The zero-order chi connectivity index (χ0) is 13.1. The molecule has 1 aromatic heterocycles. The largest absolute Gasteiger partial charge is 0.398 e. The summed E-state index contributed by atoms with van der Waals surface area (Å²) in [6.07, 6.45) is 1.65. The first-order valence-corrected chi connectivity index (χ1v) is 5.36. The average molecular weight is 245 g/mol. The van der Waals surface area contributed by atoms with Crippen LogP contribution in [0.4, 0.5) is 10.1 Å². The molecular formula is C13H12FN3O. The highest BCUT2D eigenvalue weighted by atomic mass is 19.1. The van der Waals surface area contributed by atoms with Gasteiger partial charge >= 0.3 is 0 Å². The molecule has 0 atom stereocenters. The number of primary amides is 1. The van der Waals surface area contributed by atoms with Gasteiger partial charge in [-0.05, 0) is 17.7 Å². The summed E-state index contributed by atoms with van der Waals surface area (Å²) >= 11 is 0. The first kappa shape index (κ1) is 12.0. The van der Waals surface area contributed by atoms with Crippen LogP contribution in [-0.4, -0.2) is 10.9 Å². The normalized spacial score (nSPS) is 10.3. The van der Waals surface area contributed by atoms with Crippen LogP contribution in [0, 0.1) is 5.82 Å². The van der Waals surface area contributed by atoms with Crippen LogP contribution in [0.3, 0.4) is 0 Å². The molecule has 0 spiro atoms. The summed E-state index contributed by atoms with van der Waals surface area (Å²) in [6, 6.07) is 7.79. The van der Waals surface area contributed by atoms with Crippen molar-refractivity contribution in [1.29, 1.82) is 0 Å². The predicted molar refractivity (Wildman–Crippen MR) is 66.4 cm³/mol. The number of anilines is 1. The Morgan fingerprint density at radius 1 is 1.28 bits per heavy atom. The second-order valence-corrected chi connectivity index (χ2v) is 3.85. The van der Waals surface area contributed by atoms with E-state index >= 15 is 0 Å². The van der Waals surface area contributed by atoms with E-state index in [9.17, 15) is 9.18 Å². The minimum atomic E-state index is -0.660. The van der Waals surface area contributed by atoms with Gasteiger partial charge in [-0.2, -0.15) is 0 Å². The van der Waals surface area contributed by atoms with Crippen molar-refractivity contribution >= 4 is 11.6 Å². The molecule has 2 rings (SSSR count). The van der Waals surface area contributed by atoms with Crippen molar-refractivity contribution in [2.75, 3.05) is 5.73 Å². The van der Waals surface area contributed by atoms with Crippen LogP contribution in [0.5, 0.6) is 0 Å². The molecule has 0 aliphatic heterocycles. The molecule has 0 saturated heterocycles. The van der Waals surface area contributed by atoms with Gasteiger partial charge in [0.2, 0.25) is 0 Å². The average Bonchev–Trinajstić information content (AvgIpc) is 2.31. The van der Waals surface area contributed by atoms with Crippen LogP contribution in [0.25, 0.3) is 0 Å². The number of hydrogen-bond donors (Lipinski definition) is 2. The summed E-state index contributed by atoms with van der Waals surface area (Å²) in [4.78, 5) is 15.4. The molecule has 1 heterocycles. The van der Waals surface area contributed by atoms with Crippen molar-refractivity contribution in [2.45, 2.75) is 6.42 Å². The molecule has 0 fully saturated rings. The highest BCUT2D eigenvalue weighted by Gasteiger charge is 2.14. The van der Waals surface area contributed by atoms with Crippen LogP contribution in [0.15, 0.2) is 36.5 Å².